The molecule has 0 saturated heterocycles. The minimum absolute atomic E-state index is 0.0218. The largest absolute Gasteiger partial charge is 0.438 e. The number of hydrogen-bond acceptors (Lipinski definition) is 6. The molecule has 2 aromatic carbocycles. The Labute approximate surface area is 173 Å². The van der Waals surface area contributed by atoms with Gasteiger partial charge in [-0.05, 0) is 35.9 Å². The Kier molecular flexibility index (Phi) is 6.07. The molecule has 2 aromatic heterocycles. The van der Waals surface area contributed by atoms with Crippen LogP contribution in [0.4, 0.5) is 5.69 Å². The number of imidazole rings is 1. The van der Waals surface area contributed by atoms with Gasteiger partial charge in [0, 0.05) is 24.1 Å². The van der Waals surface area contributed by atoms with E-state index in [1.165, 1.54) is 0 Å². The van der Waals surface area contributed by atoms with Crippen molar-refractivity contribution in [1.82, 2.24) is 19.7 Å². The molecule has 0 aliphatic heterocycles. The Bertz CT molecular complexity index is 1070. The first kappa shape index (κ1) is 19.3. The van der Waals surface area contributed by atoms with Gasteiger partial charge in [-0.25, -0.2) is 4.98 Å². The number of benzene rings is 2. The van der Waals surface area contributed by atoms with Gasteiger partial charge in [-0.2, -0.15) is 0 Å². The maximum Gasteiger partial charge on any atom is 0.250 e. The van der Waals surface area contributed by atoms with Gasteiger partial charge < -0.3 is 14.8 Å². The fourth-order valence-corrected chi connectivity index (χ4v) is 2.66. The average molecular weight is 401 g/mol. The lowest BCUT2D eigenvalue weighted by atomic mass is 10.2. The van der Waals surface area contributed by atoms with Gasteiger partial charge in [0.2, 0.25) is 11.8 Å². The van der Waals surface area contributed by atoms with Crippen LogP contribution < -0.4 is 10.1 Å². The summed E-state index contributed by atoms with van der Waals surface area (Å²) in [5.74, 6) is 1.37. The molecule has 1 N–H and O–H groups in total. The summed E-state index contributed by atoms with van der Waals surface area (Å²) in [6.07, 6.45) is 5.09. The van der Waals surface area contributed by atoms with Crippen molar-refractivity contribution in [3.63, 3.8) is 0 Å². The molecule has 0 atom stereocenters. The summed E-state index contributed by atoms with van der Waals surface area (Å²) in [5, 5.41) is 10.9. The van der Waals surface area contributed by atoms with Crippen molar-refractivity contribution >= 4 is 11.6 Å². The lowest BCUT2D eigenvalue weighted by Crippen LogP contribution is -2.18. The minimum atomic E-state index is -0.222. The summed E-state index contributed by atoms with van der Waals surface area (Å²) >= 11 is 0. The third-order valence-corrected chi connectivity index (χ3v) is 4.10. The van der Waals surface area contributed by atoms with E-state index in [2.05, 4.69) is 20.5 Å². The van der Waals surface area contributed by atoms with Gasteiger partial charge in [-0.1, -0.05) is 30.3 Å². The van der Waals surface area contributed by atoms with Gasteiger partial charge >= 0.3 is 0 Å². The average Bonchev–Trinajstić information content (AvgIpc) is 3.31. The number of carbonyl (C=O) groups is 1. The SMILES string of the molecule is O=C(COCc1ccccc1)Nc1ccc(Oc2ccc(-n3ccnc3)nn2)cc1. The highest BCUT2D eigenvalue weighted by molar-refractivity contribution is 5.91. The van der Waals surface area contributed by atoms with Crippen LogP contribution in [-0.2, 0) is 16.1 Å². The number of aromatic nitrogens is 4. The maximum absolute atomic E-state index is 12.0. The number of nitrogens with one attached hydrogen (secondary N) is 1. The molecule has 0 saturated carbocycles. The molecular weight excluding hydrogens is 382 g/mol. The second-order valence-corrected chi connectivity index (χ2v) is 6.35. The van der Waals surface area contributed by atoms with Crippen LogP contribution in [0.1, 0.15) is 5.56 Å². The summed E-state index contributed by atoms with van der Waals surface area (Å²) < 4.78 is 12.9. The highest BCUT2D eigenvalue weighted by atomic mass is 16.5. The zero-order valence-corrected chi connectivity index (χ0v) is 16.0. The number of amides is 1. The molecule has 0 spiro atoms. The number of hydrogen-bond donors (Lipinski definition) is 1. The maximum atomic E-state index is 12.0. The Morgan fingerprint density at radius 3 is 2.50 bits per heavy atom. The fourth-order valence-electron chi connectivity index (χ4n) is 2.66. The highest BCUT2D eigenvalue weighted by Gasteiger charge is 2.05. The first-order chi connectivity index (χ1) is 14.8. The number of carbonyl (C=O) groups excluding carboxylic acids is 1. The van der Waals surface area contributed by atoms with Gasteiger partial charge in [-0.3, -0.25) is 9.36 Å². The normalized spacial score (nSPS) is 10.5. The van der Waals surface area contributed by atoms with Crippen molar-refractivity contribution in [1.29, 1.82) is 0 Å². The number of anilines is 1. The van der Waals surface area contributed by atoms with E-state index >= 15 is 0 Å². The predicted octanol–water partition coefficient (Wildman–Crippen LogP) is 3.61. The van der Waals surface area contributed by atoms with Crippen LogP contribution in [0.3, 0.4) is 0 Å². The van der Waals surface area contributed by atoms with Crippen molar-refractivity contribution < 1.29 is 14.3 Å². The van der Waals surface area contributed by atoms with Crippen molar-refractivity contribution in [2.24, 2.45) is 0 Å². The van der Waals surface area contributed by atoms with Crippen LogP contribution in [-0.4, -0.2) is 32.3 Å². The molecule has 4 rings (SSSR count). The molecule has 1 amide bonds. The molecule has 0 aliphatic rings. The molecule has 0 bridgehead atoms. The van der Waals surface area contributed by atoms with E-state index in [0.717, 1.165) is 5.56 Å². The first-order valence-electron chi connectivity index (χ1n) is 9.28. The molecule has 2 heterocycles. The molecule has 0 aliphatic carbocycles. The predicted molar refractivity (Wildman–Crippen MR) is 110 cm³/mol. The lowest BCUT2D eigenvalue weighted by Gasteiger charge is -2.08. The van der Waals surface area contributed by atoms with Crippen LogP contribution in [0.5, 0.6) is 11.6 Å². The zero-order valence-electron chi connectivity index (χ0n) is 16.0. The highest BCUT2D eigenvalue weighted by Crippen LogP contribution is 2.21. The van der Waals surface area contributed by atoms with Crippen LogP contribution >= 0.6 is 0 Å². The number of ether oxygens (including phenoxy) is 2. The van der Waals surface area contributed by atoms with Gasteiger partial charge in [0.15, 0.2) is 5.82 Å². The molecule has 0 unspecified atom stereocenters. The molecule has 150 valence electrons. The summed E-state index contributed by atoms with van der Waals surface area (Å²) in [4.78, 5) is 16.0. The molecule has 0 radical (unpaired) electrons. The van der Waals surface area contributed by atoms with Gasteiger partial charge in [0.1, 0.15) is 18.7 Å². The van der Waals surface area contributed by atoms with E-state index in [9.17, 15) is 4.79 Å². The van der Waals surface area contributed by atoms with Crippen molar-refractivity contribution in [3.8, 4) is 17.4 Å². The summed E-state index contributed by atoms with van der Waals surface area (Å²) in [6.45, 7) is 0.369. The Morgan fingerprint density at radius 1 is 0.967 bits per heavy atom. The third kappa shape index (κ3) is 5.27. The Morgan fingerprint density at radius 2 is 1.80 bits per heavy atom. The second kappa shape index (κ2) is 9.44. The number of rotatable bonds is 8. The molecule has 0 fully saturated rings. The molecular formula is C22H19N5O3. The topological polar surface area (TPSA) is 91.2 Å². The van der Waals surface area contributed by atoms with Gasteiger partial charge in [0.25, 0.3) is 0 Å². The van der Waals surface area contributed by atoms with Crippen LogP contribution in [0, 0.1) is 0 Å². The van der Waals surface area contributed by atoms with E-state index in [1.807, 2.05) is 30.3 Å². The Balaban J connectivity index is 1.26. The summed E-state index contributed by atoms with van der Waals surface area (Å²) in [5.41, 5.74) is 1.67. The molecule has 4 aromatic rings. The standard InChI is InChI=1S/C22H19N5O3/c28-21(15-29-14-17-4-2-1-3-5-17)24-18-6-8-19(9-7-18)30-22-11-10-20(25-26-22)27-13-12-23-16-27/h1-13,16H,14-15H2,(H,24,28). The molecule has 8 nitrogen and oxygen atoms in total. The zero-order chi connectivity index (χ0) is 20.6. The summed E-state index contributed by atoms with van der Waals surface area (Å²) in [7, 11) is 0. The van der Waals surface area contributed by atoms with Crippen molar-refractivity contribution in [3.05, 3.63) is 91.0 Å². The summed E-state index contributed by atoms with van der Waals surface area (Å²) in [6, 6.07) is 20.2. The van der Waals surface area contributed by atoms with Gasteiger partial charge in [0.05, 0.1) is 6.61 Å². The van der Waals surface area contributed by atoms with Gasteiger partial charge in [-0.15, -0.1) is 10.2 Å². The lowest BCUT2D eigenvalue weighted by molar-refractivity contribution is -0.121. The van der Waals surface area contributed by atoms with E-state index in [-0.39, 0.29) is 12.5 Å². The first-order valence-corrected chi connectivity index (χ1v) is 9.28. The Hall–Kier alpha value is -4.04. The smallest absolute Gasteiger partial charge is 0.250 e. The monoisotopic (exact) mass is 401 g/mol. The minimum Gasteiger partial charge on any atom is -0.438 e. The van der Waals surface area contributed by atoms with E-state index in [0.29, 0.717) is 29.7 Å². The van der Waals surface area contributed by atoms with Crippen LogP contribution in [0.25, 0.3) is 5.82 Å². The van der Waals surface area contributed by atoms with E-state index in [1.54, 1.807) is 59.7 Å². The van der Waals surface area contributed by atoms with Crippen LogP contribution in [0.2, 0.25) is 0 Å². The quantitative estimate of drug-likeness (QED) is 0.485. The molecule has 8 heteroatoms. The van der Waals surface area contributed by atoms with E-state index < -0.39 is 0 Å². The van der Waals surface area contributed by atoms with Crippen LogP contribution in [0.15, 0.2) is 85.5 Å². The van der Waals surface area contributed by atoms with Crippen molar-refractivity contribution in [2.45, 2.75) is 6.61 Å². The molecule has 30 heavy (non-hydrogen) atoms. The third-order valence-electron chi connectivity index (χ3n) is 4.10. The second-order valence-electron chi connectivity index (χ2n) is 6.35. The fraction of sp³-hybridized carbons (Fsp3) is 0.0909. The van der Waals surface area contributed by atoms with Crippen molar-refractivity contribution in [2.75, 3.05) is 11.9 Å². The number of nitrogens with zero attached hydrogens (tertiary/aromatic N) is 4. The van der Waals surface area contributed by atoms with E-state index in [4.69, 9.17) is 9.47 Å².